The zero-order chi connectivity index (χ0) is 16.2. The van der Waals surface area contributed by atoms with Crippen LogP contribution in [0.15, 0.2) is 11.3 Å². The van der Waals surface area contributed by atoms with Gasteiger partial charge in [-0.1, -0.05) is 39.5 Å². The largest absolute Gasteiger partial charge is 0.511 e. The molecule has 5 nitrogen and oxygen atoms in total. The number of rotatable bonds is 7. The number of aliphatic hydroxyl groups is 2. The maximum atomic E-state index is 12.2. The van der Waals surface area contributed by atoms with E-state index < -0.39 is 23.8 Å². The standard InChI is InChI=1S/C16H27NO4/c1-5-6-7-8-9-10(2)14(19)12-15(20)13(11(3)18)17(4)16(12)21/h10-11,13,18-19H,5-9H2,1-4H3/b14-12-/t10-,11-,13+/m1/s1. The summed E-state index contributed by atoms with van der Waals surface area (Å²) in [7, 11) is 1.48. The number of hydrogen-bond acceptors (Lipinski definition) is 4. The topological polar surface area (TPSA) is 77.8 Å². The van der Waals surface area contributed by atoms with Crippen molar-refractivity contribution >= 4 is 11.7 Å². The van der Waals surface area contributed by atoms with Gasteiger partial charge in [0.05, 0.1) is 6.10 Å². The van der Waals surface area contributed by atoms with Crippen LogP contribution < -0.4 is 0 Å². The quantitative estimate of drug-likeness (QED) is 0.327. The average molecular weight is 297 g/mol. The lowest BCUT2D eigenvalue weighted by molar-refractivity contribution is -0.128. The van der Waals surface area contributed by atoms with Crippen molar-refractivity contribution < 1.29 is 19.8 Å². The third-order valence-electron chi connectivity index (χ3n) is 4.14. The van der Waals surface area contributed by atoms with Gasteiger partial charge < -0.3 is 15.1 Å². The van der Waals surface area contributed by atoms with Crippen molar-refractivity contribution in [1.82, 2.24) is 4.90 Å². The van der Waals surface area contributed by atoms with E-state index in [1.165, 1.54) is 18.9 Å². The lowest BCUT2D eigenvalue weighted by Crippen LogP contribution is -2.40. The van der Waals surface area contributed by atoms with Crippen LogP contribution in [0.25, 0.3) is 0 Å². The Hall–Kier alpha value is -1.36. The van der Waals surface area contributed by atoms with Crippen LogP contribution in [0, 0.1) is 5.92 Å². The third kappa shape index (κ3) is 3.84. The van der Waals surface area contributed by atoms with Crippen molar-refractivity contribution in [2.75, 3.05) is 7.05 Å². The maximum absolute atomic E-state index is 12.2. The van der Waals surface area contributed by atoms with Gasteiger partial charge in [-0.25, -0.2) is 0 Å². The van der Waals surface area contributed by atoms with Crippen LogP contribution in [0.1, 0.15) is 52.9 Å². The summed E-state index contributed by atoms with van der Waals surface area (Å²) in [6.07, 6.45) is 4.13. The van der Waals surface area contributed by atoms with Gasteiger partial charge in [0, 0.05) is 13.0 Å². The number of allylic oxidation sites excluding steroid dienone is 1. The van der Waals surface area contributed by atoms with Crippen LogP contribution in [0.3, 0.4) is 0 Å². The number of carbonyl (C=O) groups excluding carboxylic acids is 2. The number of nitrogens with zero attached hydrogens (tertiary/aromatic N) is 1. The second-order valence-corrected chi connectivity index (χ2v) is 5.98. The molecule has 1 aliphatic heterocycles. The van der Waals surface area contributed by atoms with Gasteiger partial charge in [-0.3, -0.25) is 9.59 Å². The van der Waals surface area contributed by atoms with E-state index in [-0.39, 0.29) is 17.3 Å². The highest BCUT2D eigenvalue weighted by molar-refractivity contribution is 6.26. The predicted octanol–water partition coefficient (Wildman–Crippen LogP) is 2.20. The fourth-order valence-electron chi connectivity index (χ4n) is 2.77. The molecular weight excluding hydrogens is 270 g/mol. The molecule has 0 aromatic rings. The number of amides is 1. The Labute approximate surface area is 126 Å². The van der Waals surface area contributed by atoms with Gasteiger partial charge in [0.25, 0.3) is 5.91 Å². The number of ketones is 1. The number of hydrogen-bond donors (Lipinski definition) is 2. The molecule has 1 saturated heterocycles. The number of aliphatic hydroxyl groups excluding tert-OH is 2. The van der Waals surface area contributed by atoms with Crippen molar-refractivity contribution in [2.24, 2.45) is 5.92 Å². The summed E-state index contributed by atoms with van der Waals surface area (Å²) < 4.78 is 0. The lowest BCUT2D eigenvalue weighted by atomic mass is 9.95. The molecule has 0 aliphatic carbocycles. The van der Waals surface area contributed by atoms with Crippen molar-refractivity contribution in [2.45, 2.75) is 65.0 Å². The van der Waals surface area contributed by atoms with Crippen LogP contribution >= 0.6 is 0 Å². The molecule has 1 heterocycles. The lowest BCUT2D eigenvalue weighted by Gasteiger charge is -2.19. The monoisotopic (exact) mass is 297 g/mol. The highest BCUT2D eigenvalue weighted by Gasteiger charge is 2.45. The molecule has 1 fully saturated rings. The molecular formula is C16H27NO4. The van der Waals surface area contributed by atoms with E-state index in [0.717, 1.165) is 32.1 Å². The van der Waals surface area contributed by atoms with Crippen molar-refractivity contribution in [3.63, 3.8) is 0 Å². The zero-order valence-corrected chi connectivity index (χ0v) is 13.4. The molecule has 0 aromatic carbocycles. The summed E-state index contributed by atoms with van der Waals surface area (Å²) in [6.45, 7) is 5.43. The Morgan fingerprint density at radius 1 is 1.24 bits per heavy atom. The first kappa shape index (κ1) is 17.7. The Balaban J connectivity index is 2.85. The first-order valence-corrected chi connectivity index (χ1v) is 7.75. The van der Waals surface area contributed by atoms with Crippen LogP contribution in [-0.2, 0) is 9.59 Å². The summed E-state index contributed by atoms with van der Waals surface area (Å²) >= 11 is 0. The first-order chi connectivity index (χ1) is 9.82. The van der Waals surface area contributed by atoms with Crippen LogP contribution in [-0.4, -0.2) is 46.0 Å². The zero-order valence-electron chi connectivity index (χ0n) is 13.4. The summed E-state index contributed by atoms with van der Waals surface area (Å²) in [5.74, 6) is -1.32. The normalized spacial score (nSPS) is 24.4. The SMILES string of the molecule is CCCCCC[C@@H](C)/C(O)=C1\C(=O)[C@H]([C@@H](C)O)N(C)C1=O. The summed E-state index contributed by atoms with van der Waals surface area (Å²) in [5, 5.41) is 19.9. The van der Waals surface area contributed by atoms with E-state index >= 15 is 0 Å². The molecule has 2 N–H and O–H groups in total. The number of carbonyl (C=O) groups is 2. The van der Waals surface area contributed by atoms with Crippen LogP contribution in [0.4, 0.5) is 0 Å². The summed E-state index contributed by atoms with van der Waals surface area (Å²) in [6, 6.07) is -0.887. The number of Topliss-reactive ketones (excluding diaryl/α,β-unsaturated/α-hetero) is 1. The van der Waals surface area contributed by atoms with Crippen LogP contribution in [0.2, 0.25) is 0 Å². The molecule has 120 valence electrons. The van der Waals surface area contributed by atoms with E-state index in [2.05, 4.69) is 6.92 Å². The van der Waals surface area contributed by atoms with Crippen molar-refractivity contribution in [3.8, 4) is 0 Å². The van der Waals surface area contributed by atoms with E-state index in [0.29, 0.717) is 0 Å². The first-order valence-electron chi connectivity index (χ1n) is 7.75. The molecule has 0 aromatic heterocycles. The smallest absolute Gasteiger partial charge is 0.261 e. The number of unbranched alkanes of at least 4 members (excludes halogenated alkanes) is 3. The second-order valence-electron chi connectivity index (χ2n) is 5.98. The molecule has 0 unspecified atom stereocenters. The Kier molecular flexibility index (Phi) is 6.40. The molecule has 21 heavy (non-hydrogen) atoms. The number of likely N-dealkylation sites (N-methyl/N-ethyl adjacent to an activating group) is 1. The van der Waals surface area contributed by atoms with E-state index in [4.69, 9.17) is 0 Å². The van der Waals surface area contributed by atoms with Gasteiger partial charge in [0.1, 0.15) is 17.4 Å². The van der Waals surface area contributed by atoms with E-state index in [1.54, 1.807) is 0 Å². The number of likely N-dealkylation sites (tertiary alicyclic amines) is 1. The fraction of sp³-hybridized carbons (Fsp3) is 0.750. The fourth-order valence-corrected chi connectivity index (χ4v) is 2.77. The molecule has 3 atom stereocenters. The summed E-state index contributed by atoms with van der Waals surface area (Å²) in [5.41, 5.74) is -0.147. The predicted molar refractivity (Wildman–Crippen MR) is 80.8 cm³/mol. The van der Waals surface area contributed by atoms with Gasteiger partial charge >= 0.3 is 0 Å². The molecule has 0 radical (unpaired) electrons. The Bertz CT molecular complexity index is 428. The molecule has 1 aliphatic rings. The van der Waals surface area contributed by atoms with Gasteiger partial charge in [-0.2, -0.15) is 0 Å². The van der Waals surface area contributed by atoms with Gasteiger partial charge in [0.2, 0.25) is 0 Å². The van der Waals surface area contributed by atoms with Gasteiger partial charge in [0.15, 0.2) is 5.78 Å². The van der Waals surface area contributed by atoms with Gasteiger partial charge in [-0.05, 0) is 13.3 Å². The molecule has 1 amide bonds. The highest BCUT2D eigenvalue weighted by atomic mass is 16.3. The minimum Gasteiger partial charge on any atom is -0.511 e. The molecule has 1 rings (SSSR count). The average Bonchev–Trinajstić information content (AvgIpc) is 2.64. The van der Waals surface area contributed by atoms with E-state index in [1.807, 2.05) is 6.92 Å². The maximum Gasteiger partial charge on any atom is 0.261 e. The Morgan fingerprint density at radius 3 is 2.33 bits per heavy atom. The summed E-state index contributed by atoms with van der Waals surface area (Å²) in [4.78, 5) is 25.6. The molecule has 0 bridgehead atoms. The Morgan fingerprint density at radius 2 is 1.86 bits per heavy atom. The molecule has 5 heteroatoms. The van der Waals surface area contributed by atoms with Crippen molar-refractivity contribution in [1.29, 1.82) is 0 Å². The van der Waals surface area contributed by atoms with Crippen molar-refractivity contribution in [3.05, 3.63) is 11.3 Å². The third-order valence-corrected chi connectivity index (χ3v) is 4.14. The van der Waals surface area contributed by atoms with Crippen LogP contribution in [0.5, 0.6) is 0 Å². The minimum absolute atomic E-state index is 0.128. The molecule has 0 spiro atoms. The van der Waals surface area contributed by atoms with E-state index in [9.17, 15) is 19.8 Å². The minimum atomic E-state index is -0.948. The second kappa shape index (κ2) is 7.59. The molecule has 0 saturated carbocycles. The highest BCUT2D eigenvalue weighted by Crippen LogP contribution is 2.28. The van der Waals surface area contributed by atoms with Gasteiger partial charge in [-0.15, -0.1) is 0 Å².